The summed E-state index contributed by atoms with van der Waals surface area (Å²) in [5.74, 6) is -2.00. The molecule has 0 spiro atoms. The van der Waals surface area contributed by atoms with Crippen LogP contribution < -0.4 is 0 Å². The minimum absolute atomic E-state index is 0.0808. The molecule has 4 aromatic rings. The highest BCUT2D eigenvalue weighted by Gasteiger charge is 2.34. The fourth-order valence-electron chi connectivity index (χ4n) is 5.47. The van der Waals surface area contributed by atoms with E-state index in [-0.39, 0.29) is 40.9 Å². The molecule has 1 amide bonds. The molecule has 39 heavy (non-hydrogen) atoms. The quantitative estimate of drug-likeness (QED) is 0.177. The third kappa shape index (κ3) is 5.59. The van der Waals surface area contributed by atoms with E-state index in [0.29, 0.717) is 12.8 Å². The van der Waals surface area contributed by atoms with Gasteiger partial charge in [0.05, 0.1) is 11.7 Å². The Bertz CT molecular complexity index is 1460. The van der Waals surface area contributed by atoms with E-state index in [1.54, 1.807) is 24.1 Å². The van der Waals surface area contributed by atoms with E-state index in [9.17, 15) is 13.6 Å². The van der Waals surface area contributed by atoms with E-state index in [1.807, 2.05) is 30.3 Å². The monoisotopic (exact) mass is 551 g/mol. The zero-order chi connectivity index (χ0) is 27.5. The average molecular weight is 552 g/mol. The van der Waals surface area contributed by atoms with Crippen LogP contribution in [0.15, 0.2) is 72.8 Å². The number of fused-ring (bicyclic) bond motifs is 1. The van der Waals surface area contributed by atoms with E-state index < -0.39 is 11.6 Å². The zero-order valence-corrected chi connectivity index (χ0v) is 22.3. The van der Waals surface area contributed by atoms with Crippen LogP contribution in [0, 0.1) is 17.5 Å². The Kier molecular flexibility index (Phi) is 8.07. The summed E-state index contributed by atoms with van der Waals surface area (Å²) in [6.07, 6.45) is 3.70. The summed E-state index contributed by atoms with van der Waals surface area (Å²) < 4.78 is 44.0. The number of hydrogen-bond donors (Lipinski definition) is 0. The molecule has 1 aliphatic carbocycles. The average Bonchev–Trinajstić information content (AvgIpc) is 3.18. The van der Waals surface area contributed by atoms with Crippen LogP contribution in [-0.4, -0.2) is 33.5 Å². The van der Waals surface area contributed by atoms with Crippen molar-refractivity contribution in [2.45, 2.75) is 44.1 Å². The Balaban J connectivity index is 1.62. The Morgan fingerprint density at radius 2 is 1.74 bits per heavy atom. The van der Waals surface area contributed by atoms with Gasteiger partial charge < -0.3 is 4.90 Å². The Hall–Kier alpha value is -3.58. The molecule has 0 aliphatic heterocycles. The molecule has 0 radical (unpaired) electrons. The maximum Gasteiger partial charge on any atom is 0.274 e. The minimum Gasteiger partial charge on any atom is -0.332 e. The second kappa shape index (κ2) is 11.7. The second-order valence-electron chi connectivity index (χ2n) is 9.99. The van der Waals surface area contributed by atoms with E-state index in [4.69, 9.17) is 16.7 Å². The molecule has 8 heteroatoms. The number of carbonyl (C=O) groups excluding carboxylic acids is 1. The number of benzene rings is 3. The summed E-state index contributed by atoms with van der Waals surface area (Å²) >= 11 is 6.33. The normalized spacial score (nSPS) is 15.9. The van der Waals surface area contributed by atoms with Gasteiger partial charge in [0, 0.05) is 30.5 Å². The minimum atomic E-state index is -0.764. The fraction of sp³-hybridized carbons (Fsp3) is 0.290. The maximum atomic E-state index is 15.1. The van der Waals surface area contributed by atoms with Gasteiger partial charge in [-0.25, -0.2) is 17.9 Å². The summed E-state index contributed by atoms with van der Waals surface area (Å²) in [5.41, 5.74) is 3.65. The fourth-order valence-corrected chi connectivity index (χ4v) is 5.86. The van der Waals surface area contributed by atoms with Crippen molar-refractivity contribution in [1.82, 2.24) is 14.7 Å². The van der Waals surface area contributed by atoms with Crippen molar-refractivity contribution in [2.75, 3.05) is 12.9 Å². The smallest absolute Gasteiger partial charge is 0.274 e. The number of aromatic nitrogens is 2. The Labute approximate surface area is 231 Å². The molecule has 1 aromatic heterocycles. The van der Waals surface area contributed by atoms with Crippen molar-refractivity contribution < 1.29 is 18.0 Å². The van der Waals surface area contributed by atoms with E-state index in [1.165, 1.54) is 28.9 Å². The molecule has 0 saturated heterocycles. The predicted octanol–water partition coefficient (Wildman–Crippen LogP) is 7.39. The molecule has 1 unspecified atom stereocenters. The van der Waals surface area contributed by atoms with Crippen LogP contribution in [0.25, 0.3) is 5.69 Å². The summed E-state index contributed by atoms with van der Waals surface area (Å²) in [4.78, 5) is 15.6. The van der Waals surface area contributed by atoms with Crippen molar-refractivity contribution in [3.63, 3.8) is 0 Å². The van der Waals surface area contributed by atoms with Crippen molar-refractivity contribution in [1.29, 1.82) is 0 Å². The van der Waals surface area contributed by atoms with Crippen LogP contribution in [0.2, 0.25) is 0 Å². The number of alkyl halides is 1. The third-order valence-corrected chi connectivity index (χ3v) is 7.79. The predicted molar refractivity (Wildman–Crippen MR) is 146 cm³/mol. The van der Waals surface area contributed by atoms with Crippen molar-refractivity contribution >= 4 is 17.5 Å². The van der Waals surface area contributed by atoms with E-state index in [2.05, 4.69) is 0 Å². The molecule has 0 N–H and O–H groups in total. The lowest BCUT2D eigenvalue weighted by molar-refractivity contribution is 0.0737. The lowest BCUT2D eigenvalue weighted by Crippen LogP contribution is -2.33. The summed E-state index contributed by atoms with van der Waals surface area (Å²) in [5, 5.41) is 4.69. The van der Waals surface area contributed by atoms with Gasteiger partial charge in [-0.15, -0.1) is 11.6 Å². The standard InChI is InChI=1S/C31H29ClF3N3O/c1-37(28(19-32)21-7-3-2-4-8-21)31(39)29-25-10-6-5-9-22(17-20-11-13-23(33)14-12-20)30(25)38(36-29)27-16-15-24(34)18-26(27)35/h2-4,7-8,11-16,18,22,28H,5-6,9-10,17,19H2,1H3/t22?,28-/m1/s1. The van der Waals surface area contributed by atoms with Gasteiger partial charge in [0.25, 0.3) is 5.91 Å². The molecule has 1 heterocycles. The Morgan fingerprint density at radius 3 is 2.44 bits per heavy atom. The molecule has 0 bridgehead atoms. The topological polar surface area (TPSA) is 38.1 Å². The number of carbonyl (C=O) groups is 1. The molecule has 3 aromatic carbocycles. The van der Waals surface area contributed by atoms with Crippen LogP contribution >= 0.6 is 11.6 Å². The van der Waals surface area contributed by atoms with E-state index >= 15 is 4.39 Å². The number of rotatable bonds is 7. The number of amides is 1. The Morgan fingerprint density at radius 1 is 1.03 bits per heavy atom. The highest BCUT2D eigenvalue weighted by Crippen LogP contribution is 2.38. The highest BCUT2D eigenvalue weighted by atomic mass is 35.5. The zero-order valence-electron chi connectivity index (χ0n) is 21.6. The molecule has 2 atom stereocenters. The lowest BCUT2D eigenvalue weighted by Gasteiger charge is -2.26. The van der Waals surface area contributed by atoms with Gasteiger partial charge in [0.1, 0.15) is 17.3 Å². The van der Waals surface area contributed by atoms with Crippen LogP contribution in [0.3, 0.4) is 0 Å². The summed E-state index contributed by atoms with van der Waals surface area (Å²) in [7, 11) is 1.69. The molecule has 0 fully saturated rings. The first-order valence-corrected chi connectivity index (χ1v) is 13.6. The van der Waals surface area contributed by atoms with Crippen LogP contribution in [-0.2, 0) is 12.8 Å². The van der Waals surface area contributed by atoms with Gasteiger partial charge in [-0.3, -0.25) is 4.79 Å². The highest BCUT2D eigenvalue weighted by molar-refractivity contribution is 6.18. The first-order valence-electron chi connectivity index (χ1n) is 13.1. The molecular weight excluding hydrogens is 523 g/mol. The van der Waals surface area contributed by atoms with Crippen molar-refractivity contribution in [3.05, 3.63) is 118 Å². The summed E-state index contributed by atoms with van der Waals surface area (Å²) in [6, 6.07) is 18.8. The number of hydrogen-bond acceptors (Lipinski definition) is 2. The largest absolute Gasteiger partial charge is 0.332 e. The van der Waals surface area contributed by atoms with Gasteiger partial charge in [0.2, 0.25) is 0 Å². The van der Waals surface area contributed by atoms with Crippen LogP contribution in [0.1, 0.15) is 64.1 Å². The summed E-state index contributed by atoms with van der Waals surface area (Å²) in [6.45, 7) is 0. The number of nitrogens with zero attached hydrogens (tertiary/aromatic N) is 3. The van der Waals surface area contributed by atoms with Gasteiger partial charge >= 0.3 is 0 Å². The van der Waals surface area contributed by atoms with E-state index in [0.717, 1.165) is 47.7 Å². The number of halogens is 4. The van der Waals surface area contributed by atoms with Gasteiger partial charge in [-0.05, 0) is 61.1 Å². The van der Waals surface area contributed by atoms with Gasteiger partial charge in [-0.1, -0.05) is 48.9 Å². The first-order chi connectivity index (χ1) is 18.9. The molecular formula is C31H29ClF3N3O. The van der Waals surface area contributed by atoms with Gasteiger partial charge in [-0.2, -0.15) is 5.10 Å². The third-order valence-electron chi connectivity index (χ3n) is 7.49. The van der Waals surface area contributed by atoms with Crippen molar-refractivity contribution in [3.8, 4) is 5.69 Å². The van der Waals surface area contributed by atoms with Crippen LogP contribution in [0.4, 0.5) is 13.2 Å². The molecule has 4 nitrogen and oxygen atoms in total. The van der Waals surface area contributed by atoms with Gasteiger partial charge in [0.15, 0.2) is 11.5 Å². The first kappa shape index (κ1) is 27.0. The molecule has 0 saturated carbocycles. The van der Waals surface area contributed by atoms with Crippen molar-refractivity contribution in [2.24, 2.45) is 0 Å². The lowest BCUT2D eigenvalue weighted by atomic mass is 9.90. The molecule has 202 valence electrons. The second-order valence-corrected chi connectivity index (χ2v) is 10.3. The van der Waals surface area contributed by atoms with Crippen LogP contribution in [0.5, 0.6) is 0 Å². The molecule has 5 rings (SSSR count). The maximum absolute atomic E-state index is 15.1. The SMILES string of the molecule is CN(C(=O)c1nn(-c2ccc(F)cc2F)c2c1CCCCC2Cc1ccc(F)cc1)[C@H](CCl)c1ccccc1. The molecule has 1 aliphatic rings.